The molecule has 5 nitrogen and oxygen atoms in total. The Morgan fingerprint density at radius 2 is 2.09 bits per heavy atom. The summed E-state index contributed by atoms with van der Waals surface area (Å²) in [5.74, 6) is -2.53. The largest absolute Gasteiger partial charge is 0.355 e. The number of likely N-dealkylation sites (N-methyl/N-ethyl adjacent to an activating group) is 1. The van der Waals surface area contributed by atoms with Crippen LogP contribution in [0, 0.1) is 5.92 Å². The number of likely N-dealkylation sites (tertiary alicyclic amines) is 1. The van der Waals surface area contributed by atoms with Gasteiger partial charge in [0.05, 0.1) is 0 Å². The van der Waals surface area contributed by atoms with Crippen molar-refractivity contribution in [3.63, 3.8) is 0 Å². The Balaban J connectivity index is 1.78. The first-order valence-electron chi connectivity index (χ1n) is 6.91. The van der Waals surface area contributed by atoms with Gasteiger partial charge in [0.25, 0.3) is 5.91 Å². The van der Waals surface area contributed by atoms with Crippen LogP contribution in [0.5, 0.6) is 0 Å². The summed E-state index contributed by atoms with van der Waals surface area (Å²) in [4.78, 5) is 36.2. The van der Waals surface area contributed by atoms with Crippen LogP contribution in [0.15, 0.2) is 18.2 Å². The molecular formula is C15H16Cl2N2O3. The number of carbonyl (C=O) groups excluding carboxylic acids is 3. The van der Waals surface area contributed by atoms with E-state index in [4.69, 9.17) is 23.2 Å². The predicted molar refractivity (Wildman–Crippen MR) is 83.9 cm³/mol. The summed E-state index contributed by atoms with van der Waals surface area (Å²) in [5.41, 5.74) is 0.951. The highest BCUT2D eigenvalue weighted by Crippen LogP contribution is 2.22. The fourth-order valence-corrected chi connectivity index (χ4v) is 2.82. The minimum atomic E-state index is -0.892. The maximum atomic E-state index is 11.9. The van der Waals surface area contributed by atoms with E-state index in [2.05, 4.69) is 5.32 Å². The molecule has 7 heteroatoms. The van der Waals surface area contributed by atoms with Crippen molar-refractivity contribution in [2.75, 3.05) is 20.1 Å². The van der Waals surface area contributed by atoms with Gasteiger partial charge in [-0.2, -0.15) is 0 Å². The molecule has 0 saturated carbocycles. The van der Waals surface area contributed by atoms with E-state index in [0.717, 1.165) is 5.56 Å². The van der Waals surface area contributed by atoms with Crippen LogP contribution in [0.1, 0.15) is 12.0 Å². The monoisotopic (exact) mass is 342 g/mol. The Labute approximate surface area is 138 Å². The molecule has 0 aromatic heterocycles. The lowest BCUT2D eigenvalue weighted by Gasteiger charge is -2.10. The quantitative estimate of drug-likeness (QED) is 0.503. The predicted octanol–water partition coefficient (Wildman–Crippen LogP) is 1.70. The summed E-state index contributed by atoms with van der Waals surface area (Å²) in [6, 6.07) is 5.29. The van der Waals surface area contributed by atoms with Crippen LogP contribution < -0.4 is 5.32 Å². The molecule has 2 amide bonds. The highest BCUT2D eigenvalue weighted by atomic mass is 35.5. The van der Waals surface area contributed by atoms with E-state index in [-0.39, 0.29) is 6.54 Å². The zero-order valence-corrected chi connectivity index (χ0v) is 13.6. The summed E-state index contributed by atoms with van der Waals surface area (Å²) >= 11 is 11.9. The molecule has 1 aliphatic heterocycles. The van der Waals surface area contributed by atoms with Gasteiger partial charge in [-0.1, -0.05) is 29.3 Å². The van der Waals surface area contributed by atoms with Gasteiger partial charge in [0.2, 0.25) is 11.7 Å². The van der Waals surface area contributed by atoms with Crippen molar-refractivity contribution in [3.8, 4) is 0 Å². The Morgan fingerprint density at radius 3 is 2.68 bits per heavy atom. The molecule has 22 heavy (non-hydrogen) atoms. The first-order chi connectivity index (χ1) is 10.4. The van der Waals surface area contributed by atoms with Gasteiger partial charge in [-0.3, -0.25) is 14.4 Å². The van der Waals surface area contributed by atoms with Crippen LogP contribution in [0.3, 0.4) is 0 Å². The zero-order chi connectivity index (χ0) is 16.3. The lowest BCUT2D eigenvalue weighted by atomic mass is 10.1. The molecule has 1 fully saturated rings. The van der Waals surface area contributed by atoms with Crippen LogP contribution in [-0.4, -0.2) is 42.6 Å². The van der Waals surface area contributed by atoms with Crippen molar-refractivity contribution in [1.29, 1.82) is 0 Å². The maximum Gasteiger partial charge on any atom is 0.290 e. The number of nitrogens with one attached hydrogen (secondary N) is 1. The third-order valence-electron chi connectivity index (χ3n) is 3.58. The topological polar surface area (TPSA) is 66.5 Å². The SMILES string of the molecule is CN1CC(C(=O)NCCCc2ccc(Cl)cc2Cl)C(=O)C1=O. The van der Waals surface area contributed by atoms with E-state index in [1.54, 1.807) is 12.1 Å². The van der Waals surface area contributed by atoms with Gasteiger partial charge >= 0.3 is 0 Å². The van der Waals surface area contributed by atoms with Gasteiger partial charge in [-0.15, -0.1) is 0 Å². The zero-order valence-electron chi connectivity index (χ0n) is 12.1. The number of benzene rings is 1. The number of nitrogens with zero attached hydrogens (tertiary/aromatic N) is 1. The Morgan fingerprint density at radius 1 is 1.36 bits per heavy atom. The third-order valence-corrected chi connectivity index (χ3v) is 4.17. The molecule has 0 aliphatic carbocycles. The Hall–Kier alpha value is -1.59. The number of hydrogen-bond donors (Lipinski definition) is 1. The van der Waals surface area contributed by atoms with E-state index in [0.29, 0.717) is 29.4 Å². The van der Waals surface area contributed by atoms with Gasteiger partial charge in [0.1, 0.15) is 5.92 Å². The average molecular weight is 343 g/mol. The van der Waals surface area contributed by atoms with Gasteiger partial charge in [0.15, 0.2) is 0 Å². The molecule has 1 aromatic rings. The molecule has 0 spiro atoms. The summed E-state index contributed by atoms with van der Waals surface area (Å²) < 4.78 is 0. The fraction of sp³-hybridized carbons (Fsp3) is 0.400. The molecule has 1 saturated heterocycles. The number of halogens is 2. The van der Waals surface area contributed by atoms with Crippen LogP contribution in [0.2, 0.25) is 10.0 Å². The van der Waals surface area contributed by atoms with Crippen LogP contribution in [-0.2, 0) is 20.8 Å². The normalized spacial score (nSPS) is 18.0. The number of ketones is 1. The van der Waals surface area contributed by atoms with Crippen molar-refractivity contribution < 1.29 is 14.4 Å². The van der Waals surface area contributed by atoms with E-state index in [1.807, 2.05) is 6.07 Å². The van der Waals surface area contributed by atoms with Crippen molar-refractivity contribution in [1.82, 2.24) is 10.2 Å². The van der Waals surface area contributed by atoms with Gasteiger partial charge < -0.3 is 10.2 Å². The van der Waals surface area contributed by atoms with Gasteiger partial charge in [-0.05, 0) is 30.5 Å². The maximum absolute atomic E-state index is 11.9. The molecule has 118 valence electrons. The summed E-state index contributed by atoms with van der Waals surface area (Å²) in [6.45, 7) is 0.561. The number of aryl methyl sites for hydroxylation is 1. The summed E-state index contributed by atoms with van der Waals surface area (Å²) in [6.07, 6.45) is 1.37. The molecular weight excluding hydrogens is 327 g/mol. The summed E-state index contributed by atoms with van der Waals surface area (Å²) in [5, 5.41) is 3.86. The van der Waals surface area contributed by atoms with E-state index < -0.39 is 23.5 Å². The van der Waals surface area contributed by atoms with E-state index in [9.17, 15) is 14.4 Å². The molecule has 1 aliphatic rings. The van der Waals surface area contributed by atoms with Gasteiger partial charge in [-0.25, -0.2) is 0 Å². The molecule has 1 unspecified atom stereocenters. The highest BCUT2D eigenvalue weighted by Gasteiger charge is 2.41. The second-order valence-electron chi connectivity index (χ2n) is 5.23. The number of hydrogen-bond acceptors (Lipinski definition) is 3. The Bertz CT molecular complexity index is 619. The lowest BCUT2D eigenvalue weighted by Crippen LogP contribution is -2.36. The first kappa shape index (κ1) is 16.8. The van der Waals surface area contributed by atoms with Crippen molar-refractivity contribution in [2.24, 2.45) is 5.92 Å². The average Bonchev–Trinajstić information content (AvgIpc) is 2.73. The van der Waals surface area contributed by atoms with E-state index in [1.165, 1.54) is 11.9 Å². The first-order valence-corrected chi connectivity index (χ1v) is 7.66. The molecule has 1 aromatic carbocycles. The second-order valence-corrected chi connectivity index (χ2v) is 6.08. The van der Waals surface area contributed by atoms with E-state index >= 15 is 0 Å². The number of rotatable bonds is 5. The molecule has 1 heterocycles. The van der Waals surface area contributed by atoms with Gasteiger partial charge in [0, 0.05) is 30.2 Å². The minimum Gasteiger partial charge on any atom is -0.355 e. The molecule has 0 radical (unpaired) electrons. The van der Waals surface area contributed by atoms with Crippen molar-refractivity contribution in [3.05, 3.63) is 33.8 Å². The highest BCUT2D eigenvalue weighted by molar-refractivity contribution is 6.42. The lowest BCUT2D eigenvalue weighted by molar-refractivity contribution is -0.142. The Kier molecular flexibility index (Phi) is 5.42. The minimum absolute atomic E-state index is 0.145. The smallest absolute Gasteiger partial charge is 0.290 e. The van der Waals surface area contributed by atoms with Crippen molar-refractivity contribution in [2.45, 2.75) is 12.8 Å². The molecule has 1 N–H and O–H groups in total. The third kappa shape index (κ3) is 3.78. The number of Topliss-reactive ketones (excluding diaryl/α,β-unsaturated/α-hetero) is 1. The van der Waals surface area contributed by atoms with Crippen LogP contribution in [0.4, 0.5) is 0 Å². The summed E-state index contributed by atoms with van der Waals surface area (Å²) in [7, 11) is 1.51. The van der Waals surface area contributed by atoms with Crippen LogP contribution in [0.25, 0.3) is 0 Å². The number of carbonyl (C=O) groups is 3. The molecule has 1 atom stereocenters. The fourth-order valence-electron chi connectivity index (χ4n) is 2.32. The number of amides is 2. The second kappa shape index (κ2) is 7.11. The van der Waals surface area contributed by atoms with Crippen LogP contribution >= 0.6 is 23.2 Å². The molecule has 2 rings (SSSR count). The standard InChI is InChI=1S/C15H16Cl2N2O3/c1-19-8-11(13(20)15(19)22)14(21)18-6-2-3-9-4-5-10(16)7-12(9)17/h4-5,7,11H,2-3,6,8H2,1H3,(H,18,21). The molecule has 0 bridgehead atoms. The van der Waals surface area contributed by atoms with Crippen molar-refractivity contribution >= 4 is 40.8 Å².